The van der Waals surface area contributed by atoms with E-state index in [0.717, 1.165) is 12.8 Å². The molecular formula is C30H33NO6. The number of ether oxygens (including phenoxy) is 2. The molecule has 2 N–H and O–H groups in total. The largest absolute Gasteiger partial charge is 0.494 e. The molecule has 0 unspecified atom stereocenters. The van der Waals surface area contributed by atoms with Crippen molar-refractivity contribution in [1.29, 1.82) is 0 Å². The number of benzene rings is 3. The number of carbonyl (C=O) groups is 3. The number of aliphatic carboxylic acids is 1. The van der Waals surface area contributed by atoms with Gasteiger partial charge < -0.3 is 19.9 Å². The molecule has 0 saturated heterocycles. The second-order valence-electron chi connectivity index (χ2n) is 8.75. The van der Waals surface area contributed by atoms with E-state index in [1.54, 1.807) is 78.9 Å². The molecule has 0 aliphatic carbocycles. The average molecular weight is 504 g/mol. The Hall–Kier alpha value is -4.13. The monoisotopic (exact) mass is 503 g/mol. The van der Waals surface area contributed by atoms with Gasteiger partial charge in [0.1, 0.15) is 17.5 Å². The van der Waals surface area contributed by atoms with Gasteiger partial charge in [-0.3, -0.25) is 4.79 Å². The van der Waals surface area contributed by atoms with E-state index in [1.807, 2.05) is 0 Å². The van der Waals surface area contributed by atoms with Gasteiger partial charge in [-0.25, -0.2) is 9.59 Å². The Bertz CT molecular complexity index is 1140. The quantitative estimate of drug-likeness (QED) is 0.167. The molecule has 0 spiro atoms. The standard InChI is InChI=1S/C30H33NO6/c1-2-3-4-5-9-20-36-25-18-14-24(15-19-25)30(35)37-26-16-12-22(13-17-26)21-27(29(33)34)31-28(32)23-10-7-6-8-11-23/h6-8,10-19,27H,2-5,9,20-21H2,1H3,(H,31,32)(H,33,34)/t27-/m0/s1. The molecule has 3 aromatic rings. The summed E-state index contributed by atoms with van der Waals surface area (Å²) in [5.41, 5.74) is 1.46. The van der Waals surface area contributed by atoms with Crippen molar-refractivity contribution in [2.75, 3.05) is 6.61 Å². The fourth-order valence-electron chi connectivity index (χ4n) is 3.71. The molecule has 1 amide bonds. The predicted octanol–water partition coefficient (Wildman–Crippen LogP) is 5.68. The van der Waals surface area contributed by atoms with Crippen molar-refractivity contribution in [1.82, 2.24) is 5.32 Å². The highest BCUT2D eigenvalue weighted by Crippen LogP contribution is 2.18. The van der Waals surface area contributed by atoms with Gasteiger partial charge in [0.15, 0.2) is 0 Å². The molecular weight excluding hydrogens is 470 g/mol. The number of hydrogen-bond donors (Lipinski definition) is 2. The molecule has 0 fully saturated rings. The minimum absolute atomic E-state index is 0.0855. The highest BCUT2D eigenvalue weighted by Gasteiger charge is 2.21. The third kappa shape index (κ3) is 9.11. The summed E-state index contributed by atoms with van der Waals surface area (Å²) in [6.07, 6.45) is 5.92. The lowest BCUT2D eigenvalue weighted by Gasteiger charge is -2.15. The lowest BCUT2D eigenvalue weighted by Crippen LogP contribution is -2.42. The highest BCUT2D eigenvalue weighted by atomic mass is 16.5. The Balaban J connectivity index is 1.49. The number of carbonyl (C=O) groups excluding carboxylic acids is 2. The van der Waals surface area contributed by atoms with Crippen LogP contribution in [0.15, 0.2) is 78.9 Å². The topological polar surface area (TPSA) is 102 Å². The molecule has 0 saturated carbocycles. The molecule has 194 valence electrons. The summed E-state index contributed by atoms with van der Waals surface area (Å²) in [6.45, 7) is 2.84. The van der Waals surface area contributed by atoms with E-state index < -0.39 is 23.9 Å². The Morgan fingerprint density at radius 3 is 2.08 bits per heavy atom. The van der Waals surface area contributed by atoms with Crippen molar-refractivity contribution in [3.8, 4) is 11.5 Å². The average Bonchev–Trinajstić information content (AvgIpc) is 2.92. The van der Waals surface area contributed by atoms with Crippen molar-refractivity contribution < 1.29 is 29.0 Å². The first-order chi connectivity index (χ1) is 18.0. The first-order valence-corrected chi connectivity index (χ1v) is 12.6. The third-order valence-corrected chi connectivity index (χ3v) is 5.82. The van der Waals surface area contributed by atoms with Gasteiger partial charge in [-0.2, -0.15) is 0 Å². The van der Waals surface area contributed by atoms with Crippen molar-refractivity contribution in [3.63, 3.8) is 0 Å². The van der Waals surface area contributed by atoms with E-state index in [-0.39, 0.29) is 6.42 Å². The number of esters is 1. The van der Waals surface area contributed by atoms with Crippen LogP contribution < -0.4 is 14.8 Å². The number of carboxylic acid groups (broad SMARTS) is 1. The van der Waals surface area contributed by atoms with Gasteiger partial charge in [0.2, 0.25) is 0 Å². The molecule has 1 atom stereocenters. The van der Waals surface area contributed by atoms with E-state index in [9.17, 15) is 19.5 Å². The molecule has 7 nitrogen and oxygen atoms in total. The highest BCUT2D eigenvalue weighted by molar-refractivity contribution is 5.96. The molecule has 3 aromatic carbocycles. The first-order valence-electron chi connectivity index (χ1n) is 12.6. The fourth-order valence-corrected chi connectivity index (χ4v) is 3.71. The summed E-state index contributed by atoms with van der Waals surface area (Å²) >= 11 is 0. The number of hydrogen-bond acceptors (Lipinski definition) is 5. The van der Waals surface area contributed by atoms with Gasteiger partial charge in [0.05, 0.1) is 12.2 Å². The minimum Gasteiger partial charge on any atom is -0.494 e. The van der Waals surface area contributed by atoms with Crippen LogP contribution in [0.25, 0.3) is 0 Å². The van der Waals surface area contributed by atoms with Crippen LogP contribution in [0.2, 0.25) is 0 Å². The molecule has 3 rings (SSSR count). The van der Waals surface area contributed by atoms with Crippen LogP contribution in [-0.2, 0) is 11.2 Å². The van der Waals surface area contributed by atoms with Crippen LogP contribution in [0.3, 0.4) is 0 Å². The summed E-state index contributed by atoms with van der Waals surface area (Å²) in [6, 6.07) is 20.7. The van der Waals surface area contributed by atoms with E-state index in [1.165, 1.54) is 19.3 Å². The van der Waals surface area contributed by atoms with Crippen molar-refractivity contribution in [3.05, 3.63) is 95.6 Å². The number of rotatable bonds is 14. The SMILES string of the molecule is CCCCCCCOc1ccc(C(=O)Oc2ccc(C[C@H](NC(=O)c3ccccc3)C(=O)O)cc2)cc1. The van der Waals surface area contributed by atoms with Crippen LogP contribution in [-0.4, -0.2) is 35.6 Å². The van der Waals surface area contributed by atoms with E-state index in [0.29, 0.717) is 34.8 Å². The lowest BCUT2D eigenvalue weighted by molar-refractivity contribution is -0.139. The van der Waals surface area contributed by atoms with Crippen LogP contribution >= 0.6 is 0 Å². The zero-order chi connectivity index (χ0) is 26.5. The van der Waals surface area contributed by atoms with Crippen molar-refractivity contribution >= 4 is 17.8 Å². The second kappa shape index (κ2) is 14.4. The predicted molar refractivity (Wildman–Crippen MR) is 141 cm³/mol. The maximum Gasteiger partial charge on any atom is 0.343 e. The van der Waals surface area contributed by atoms with Gasteiger partial charge in [-0.05, 0) is 60.5 Å². The fraction of sp³-hybridized carbons (Fsp3) is 0.300. The van der Waals surface area contributed by atoms with Gasteiger partial charge in [0, 0.05) is 12.0 Å². The zero-order valence-corrected chi connectivity index (χ0v) is 21.0. The Kier molecular flexibility index (Phi) is 10.7. The van der Waals surface area contributed by atoms with Gasteiger partial charge in [0.25, 0.3) is 5.91 Å². The Labute approximate surface area is 217 Å². The number of nitrogens with one attached hydrogen (secondary N) is 1. The molecule has 37 heavy (non-hydrogen) atoms. The molecule has 0 aliphatic rings. The summed E-state index contributed by atoms with van der Waals surface area (Å²) in [5.74, 6) is -1.05. The molecule has 0 radical (unpaired) electrons. The molecule has 0 bridgehead atoms. The summed E-state index contributed by atoms with van der Waals surface area (Å²) in [4.78, 5) is 36.5. The van der Waals surface area contributed by atoms with Crippen LogP contribution in [0, 0.1) is 0 Å². The first kappa shape index (κ1) is 27.5. The summed E-state index contributed by atoms with van der Waals surface area (Å²) in [7, 11) is 0. The normalized spacial score (nSPS) is 11.4. The number of carboxylic acids is 1. The minimum atomic E-state index is -1.14. The van der Waals surface area contributed by atoms with Crippen LogP contribution in [0.4, 0.5) is 0 Å². The second-order valence-corrected chi connectivity index (χ2v) is 8.75. The van der Waals surface area contributed by atoms with Gasteiger partial charge in [-0.1, -0.05) is 62.9 Å². The maximum atomic E-state index is 12.5. The van der Waals surface area contributed by atoms with Crippen molar-refractivity contribution in [2.45, 2.75) is 51.5 Å². The van der Waals surface area contributed by atoms with E-state index in [4.69, 9.17) is 9.47 Å². The van der Waals surface area contributed by atoms with Crippen LogP contribution in [0.5, 0.6) is 11.5 Å². The molecule has 0 aromatic heterocycles. The van der Waals surface area contributed by atoms with Gasteiger partial charge in [-0.15, -0.1) is 0 Å². The Morgan fingerprint density at radius 2 is 1.43 bits per heavy atom. The zero-order valence-electron chi connectivity index (χ0n) is 21.0. The van der Waals surface area contributed by atoms with E-state index >= 15 is 0 Å². The number of unbranched alkanes of at least 4 members (excludes halogenated alkanes) is 4. The molecule has 7 heteroatoms. The van der Waals surface area contributed by atoms with E-state index in [2.05, 4.69) is 12.2 Å². The Morgan fingerprint density at radius 1 is 0.784 bits per heavy atom. The lowest BCUT2D eigenvalue weighted by atomic mass is 10.1. The third-order valence-electron chi connectivity index (χ3n) is 5.82. The maximum absolute atomic E-state index is 12.5. The molecule has 0 aliphatic heterocycles. The molecule has 0 heterocycles. The van der Waals surface area contributed by atoms with Gasteiger partial charge >= 0.3 is 11.9 Å². The number of amides is 1. The van der Waals surface area contributed by atoms with Crippen LogP contribution in [0.1, 0.15) is 65.3 Å². The summed E-state index contributed by atoms with van der Waals surface area (Å²) in [5, 5.41) is 12.1. The smallest absolute Gasteiger partial charge is 0.343 e. The summed E-state index contributed by atoms with van der Waals surface area (Å²) < 4.78 is 11.2. The van der Waals surface area contributed by atoms with Crippen molar-refractivity contribution in [2.24, 2.45) is 0 Å².